The molecule has 21 heavy (non-hydrogen) atoms. The first-order chi connectivity index (χ1) is 9.69. The molecule has 1 amide bonds. The Bertz CT molecular complexity index is 481. The molecule has 1 heterocycles. The molecule has 1 aliphatic carbocycles. The average molecular weight is 406 g/mol. The maximum Gasteiger partial charge on any atom is 0.284 e. The fourth-order valence-corrected chi connectivity index (χ4v) is 2.41. The van der Waals surface area contributed by atoms with Crippen LogP contribution in [-0.2, 0) is 6.54 Å². The molecular weight excluding hydrogens is 383 g/mol. The average Bonchev–Trinajstić information content (AvgIpc) is 2.93. The number of carbonyl (C=O) groups excluding carboxylic acids is 1. The number of primary amides is 1. The molecule has 7 heteroatoms. The van der Waals surface area contributed by atoms with Crippen molar-refractivity contribution < 1.29 is 9.21 Å². The third-order valence-corrected chi connectivity index (χ3v) is 3.50. The van der Waals surface area contributed by atoms with Gasteiger partial charge >= 0.3 is 0 Å². The predicted octanol–water partition coefficient (Wildman–Crippen LogP) is 1.99. The highest BCUT2D eigenvalue weighted by Crippen LogP contribution is 2.17. The Morgan fingerprint density at radius 1 is 1.38 bits per heavy atom. The normalized spacial score (nSPS) is 16.1. The standard InChI is InChI=1S/C14H22N4O2.HI/c1-16-14(18-10-5-3-2-4-6-10)17-9-11-7-8-12(20-11)13(15)19;/h7-8,10H,2-6,9H2,1H3,(H2,15,19)(H2,16,17,18);1H. The number of amides is 1. The van der Waals surface area contributed by atoms with Crippen molar-refractivity contribution in [1.82, 2.24) is 10.6 Å². The van der Waals surface area contributed by atoms with Crippen molar-refractivity contribution in [3.8, 4) is 0 Å². The fraction of sp³-hybridized carbons (Fsp3) is 0.571. The Balaban J connectivity index is 0.00000220. The zero-order chi connectivity index (χ0) is 14.4. The van der Waals surface area contributed by atoms with Gasteiger partial charge in [-0.2, -0.15) is 0 Å². The van der Waals surface area contributed by atoms with Crippen molar-refractivity contribution in [3.05, 3.63) is 23.7 Å². The first-order valence-electron chi connectivity index (χ1n) is 7.04. The largest absolute Gasteiger partial charge is 0.454 e. The molecule has 0 radical (unpaired) electrons. The summed E-state index contributed by atoms with van der Waals surface area (Å²) in [5, 5.41) is 6.59. The summed E-state index contributed by atoms with van der Waals surface area (Å²) in [6, 6.07) is 3.81. The van der Waals surface area contributed by atoms with Gasteiger partial charge in [0, 0.05) is 13.1 Å². The van der Waals surface area contributed by atoms with Crippen molar-refractivity contribution in [3.63, 3.8) is 0 Å². The Labute approximate surface area is 142 Å². The van der Waals surface area contributed by atoms with Crippen LogP contribution in [0.5, 0.6) is 0 Å². The number of nitrogens with one attached hydrogen (secondary N) is 2. The second-order valence-corrected chi connectivity index (χ2v) is 5.04. The van der Waals surface area contributed by atoms with E-state index in [4.69, 9.17) is 10.2 Å². The van der Waals surface area contributed by atoms with Crippen molar-refractivity contribution in [1.29, 1.82) is 0 Å². The summed E-state index contributed by atoms with van der Waals surface area (Å²) < 4.78 is 5.31. The van der Waals surface area contributed by atoms with Crippen LogP contribution < -0.4 is 16.4 Å². The predicted molar refractivity (Wildman–Crippen MR) is 92.8 cm³/mol. The minimum Gasteiger partial charge on any atom is -0.454 e. The number of nitrogens with zero attached hydrogens (tertiary/aromatic N) is 1. The molecule has 0 aromatic carbocycles. The molecule has 118 valence electrons. The molecule has 1 aromatic rings. The van der Waals surface area contributed by atoms with Gasteiger partial charge in [0.05, 0.1) is 6.54 Å². The highest BCUT2D eigenvalue weighted by Gasteiger charge is 2.14. The van der Waals surface area contributed by atoms with Gasteiger partial charge in [-0.3, -0.25) is 9.79 Å². The van der Waals surface area contributed by atoms with Crippen LogP contribution in [-0.4, -0.2) is 25.0 Å². The quantitative estimate of drug-likeness (QED) is 0.405. The minimum atomic E-state index is -0.555. The highest BCUT2D eigenvalue weighted by molar-refractivity contribution is 14.0. The topological polar surface area (TPSA) is 92.6 Å². The maximum atomic E-state index is 10.9. The van der Waals surface area contributed by atoms with Gasteiger partial charge in [-0.15, -0.1) is 24.0 Å². The zero-order valence-corrected chi connectivity index (χ0v) is 14.6. The maximum absolute atomic E-state index is 10.9. The number of halogens is 1. The Morgan fingerprint density at radius 2 is 2.10 bits per heavy atom. The van der Waals surface area contributed by atoms with Gasteiger partial charge in [-0.1, -0.05) is 19.3 Å². The van der Waals surface area contributed by atoms with Gasteiger partial charge in [-0.25, -0.2) is 0 Å². The fourth-order valence-electron chi connectivity index (χ4n) is 2.41. The van der Waals surface area contributed by atoms with E-state index in [-0.39, 0.29) is 29.7 Å². The molecule has 2 rings (SSSR count). The van der Waals surface area contributed by atoms with Crippen LogP contribution in [0.15, 0.2) is 21.5 Å². The first kappa shape index (κ1) is 17.8. The number of hydrogen-bond acceptors (Lipinski definition) is 3. The van der Waals surface area contributed by atoms with Crippen LogP contribution in [0.3, 0.4) is 0 Å². The van der Waals surface area contributed by atoms with E-state index in [2.05, 4.69) is 15.6 Å². The molecule has 0 saturated heterocycles. The van der Waals surface area contributed by atoms with E-state index in [0.29, 0.717) is 18.3 Å². The smallest absolute Gasteiger partial charge is 0.284 e. The molecule has 0 unspecified atom stereocenters. The van der Waals surface area contributed by atoms with E-state index in [0.717, 1.165) is 5.96 Å². The van der Waals surface area contributed by atoms with Gasteiger partial charge < -0.3 is 20.8 Å². The third kappa shape index (κ3) is 5.56. The molecule has 0 bridgehead atoms. The van der Waals surface area contributed by atoms with Crippen molar-refractivity contribution in [2.75, 3.05) is 7.05 Å². The molecule has 1 aromatic heterocycles. The molecule has 1 aliphatic rings. The van der Waals surface area contributed by atoms with E-state index in [1.165, 1.54) is 32.1 Å². The van der Waals surface area contributed by atoms with Crippen LogP contribution in [0.25, 0.3) is 0 Å². The monoisotopic (exact) mass is 406 g/mol. The van der Waals surface area contributed by atoms with E-state index in [1.807, 2.05) is 0 Å². The molecule has 1 saturated carbocycles. The second-order valence-electron chi connectivity index (χ2n) is 5.04. The minimum absolute atomic E-state index is 0. The van der Waals surface area contributed by atoms with Crippen LogP contribution in [0, 0.1) is 0 Å². The number of nitrogens with two attached hydrogens (primary N) is 1. The number of furan rings is 1. The molecule has 0 spiro atoms. The molecular formula is C14H23IN4O2. The Kier molecular flexibility index (Phi) is 7.55. The zero-order valence-electron chi connectivity index (χ0n) is 12.2. The van der Waals surface area contributed by atoms with Crippen molar-refractivity contribution in [2.24, 2.45) is 10.7 Å². The number of hydrogen-bond donors (Lipinski definition) is 3. The SMILES string of the molecule is CN=C(NCc1ccc(C(N)=O)o1)NC1CCCCC1.I. The van der Waals surface area contributed by atoms with Crippen molar-refractivity contribution >= 4 is 35.8 Å². The van der Waals surface area contributed by atoms with Gasteiger partial charge in [0.1, 0.15) is 5.76 Å². The Morgan fingerprint density at radius 3 is 2.67 bits per heavy atom. The van der Waals surface area contributed by atoms with Gasteiger partial charge in [0.2, 0.25) is 0 Å². The number of aliphatic imine (C=N–C) groups is 1. The summed E-state index contributed by atoms with van der Waals surface area (Å²) in [6.45, 7) is 0.472. The van der Waals surface area contributed by atoms with Gasteiger partial charge in [0.15, 0.2) is 11.7 Å². The van der Waals surface area contributed by atoms with Gasteiger partial charge in [-0.05, 0) is 25.0 Å². The molecule has 4 N–H and O–H groups in total. The van der Waals surface area contributed by atoms with E-state index in [1.54, 1.807) is 19.2 Å². The van der Waals surface area contributed by atoms with Crippen LogP contribution in [0.1, 0.15) is 48.4 Å². The Hall–Kier alpha value is -1.25. The number of guanidine groups is 1. The lowest BCUT2D eigenvalue weighted by molar-refractivity contribution is 0.0972. The van der Waals surface area contributed by atoms with Crippen LogP contribution >= 0.6 is 24.0 Å². The van der Waals surface area contributed by atoms with Gasteiger partial charge in [0.25, 0.3) is 5.91 Å². The number of rotatable bonds is 4. The molecule has 1 fully saturated rings. The first-order valence-corrected chi connectivity index (χ1v) is 7.04. The second kappa shape index (κ2) is 8.91. The molecule has 0 aliphatic heterocycles. The molecule has 6 nitrogen and oxygen atoms in total. The van der Waals surface area contributed by atoms with Crippen LogP contribution in [0.2, 0.25) is 0 Å². The van der Waals surface area contributed by atoms with E-state index >= 15 is 0 Å². The van der Waals surface area contributed by atoms with Crippen molar-refractivity contribution in [2.45, 2.75) is 44.7 Å². The summed E-state index contributed by atoms with van der Waals surface area (Å²) in [4.78, 5) is 15.1. The summed E-state index contributed by atoms with van der Waals surface area (Å²) >= 11 is 0. The van der Waals surface area contributed by atoms with E-state index in [9.17, 15) is 4.79 Å². The third-order valence-electron chi connectivity index (χ3n) is 3.50. The lowest BCUT2D eigenvalue weighted by Crippen LogP contribution is -2.43. The molecule has 0 atom stereocenters. The lowest BCUT2D eigenvalue weighted by Gasteiger charge is -2.24. The van der Waals surface area contributed by atoms with Crippen LogP contribution in [0.4, 0.5) is 0 Å². The lowest BCUT2D eigenvalue weighted by atomic mass is 9.96. The highest BCUT2D eigenvalue weighted by atomic mass is 127. The summed E-state index contributed by atoms with van der Waals surface area (Å²) in [5.41, 5.74) is 5.14. The summed E-state index contributed by atoms with van der Waals surface area (Å²) in [7, 11) is 1.75. The number of carbonyl (C=O) groups is 1. The van der Waals surface area contributed by atoms with E-state index < -0.39 is 5.91 Å². The summed E-state index contributed by atoms with van der Waals surface area (Å²) in [6.07, 6.45) is 6.25. The summed E-state index contributed by atoms with van der Waals surface area (Å²) in [5.74, 6) is 1.04.